The molecule has 0 aliphatic carbocycles. The van der Waals surface area contributed by atoms with Gasteiger partial charge in [0.1, 0.15) is 23.0 Å². The van der Waals surface area contributed by atoms with Crippen molar-refractivity contribution < 1.29 is 23.9 Å². The number of hydrazine groups is 1. The molecule has 0 saturated carbocycles. The normalized spacial score (nSPS) is 13.9. The van der Waals surface area contributed by atoms with E-state index in [0.717, 1.165) is 10.6 Å². The lowest BCUT2D eigenvalue weighted by Gasteiger charge is -2.38. The molecule has 0 saturated heterocycles. The molecule has 0 bridgehead atoms. The van der Waals surface area contributed by atoms with Crippen molar-refractivity contribution in [3.8, 4) is 0 Å². The highest BCUT2D eigenvalue weighted by Crippen LogP contribution is 2.21. The second kappa shape index (κ2) is 8.41. The number of rotatable bonds is 4. The summed E-state index contributed by atoms with van der Waals surface area (Å²) in [6.07, 6.45) is -0.901. The Balaban J connectivity index is 3.17. The van der Waals surface area contributed by atoms with Crippen LogP contribution in [0.25, 0.3) is 0 Å². The van der Waals surface area contributed by atoms with Crippen LogP contribution >= 0.6 is 0 Å². The van der Waals surface area contributed by atoms with Gasteiger partial charge >= 0.3 is 12.2 Å². The molecule has 1 rings (SSSR count). The van der Waals surface area contributed by atoms with Gasteiger partial charge in [0, 0.05) is 6.42 Å². The molecule has 1 aromatic rings. The molecule has 1 aromatic carbocycles. The van der Waals surface area contributed by atoms with Gasteiger partial charge in [-0.1, -0.05) is 30.3 Å². The Bertz CT molecular complexity index is 661. The molecular weight excluding hydrogens is 348 g/mol. The average molecular weight is 378 g/mol. The van der Waals surface area contributed by atoms with Crippen molar-refractivity contribution in [1.82, 2.24) is 10.4 Å². The highest BCUT2D eigenvalue weighted by Gasteiger charge is 2.40. The third-order valence-corrected chi connectivity index (χ3v) is 3.35. The van der Waals surface area contributed by atoms with Crippen LogP contribution in [0.3, 0.4) is 0 Å². The molecule has 1 atom stereocenters. The zero-order valence-electron chi connectivity index (χ0n) is 17.2. The number of hydrogen-bond acceptors (Lipinski definition) is 5. The van der Waals surface area contributed by atoms with E-state index in [9.17, 15) is 14.4 Å². The number of carbonyl (C=O) groups excluding carboxylic acids is 3. The third-order valence-electron chi connectivity index (χ3n) is 3.35. The Morgan fingerprint density at radius 1 is 0.963 bits per heavy atom. The van der Waals surface area contributed by atoms with Gasteiger partial charge in [0.05, 0.1) is 0 Å². The molecule has 0 heterocycles. The number of aldehydes is 1. The lowest BCUT2D eigenvalue weighted by molar-refractivity contribution is -0.119. The minimum absolute atomic E-state index is 0.187. The second-order valence-electron chi connectivity index (χ2n) is 8.57. The Hall–Kier alpha value is -2.57. The molecule has 1 N–H and O–H groups in total. The predicted molar refractivity (Wildman–Crippen MR) is 102 cm³/mol. The van der Waals surface area contributed by atoms with Crippen molar-refractivity contribution in [2.45, 2.75) is 71.6 Å². The first-order chi connectivity index (χ1) is 12.3. The standard InChI is InChI=1S/C20H30N2O5/c1-18(2,3)26-16(24)21-22(17(25)27-19(4,5)6)20(7,14-23)13-15-11-9-8-10-12-15/h8-12,14H,13H2,1-7H3,(H,21,24)/t20-/m0/s1. The molecule has 27 heavy (non-hydrogen) atoms. The number of benzene rings is 1. The monoisotopic (exact) mass is 378 g/mol. The van der Waals surface area contributed by atoms with Gasteiger partial charge < -0.3 is 14.3 Å². The van der Waals surface area contributed by atoms with E-state index in [1.807, 2.05) is 30.3 Å². The van der Waals surface area contributed by atoms with Crippen molar-refractivity contribution in [1.29, 1.82) is 0 Å². The van der Waals surface area contributed by atoms with Gasteiger partial charge in [-0.05, 0) is 54.0 Å². The third kappa shape index (κ3) is 7.68. The van der Waals surface area contributed by atoms with E-state index < -0.39 is 28.9 Å². The number of amides is 2. The van der Waals surface area contributed by atoms with Crippen LogP contribution in [0.1, 0.15) is 54.0 Å². The first kappa shape index (κ1) is 22.5. The Morgan fingerprint density at radius 3 is 1.93 bits per heavy atom. The van der Waals surface area contributed by atoms with Crippen LogP contribution in [0.4, 0.5) is 9.59 Å². The zero-order valence-corrected chi connectivity index (χ0v) is 17.2. The summed E-state index contributed by atoms with van der Waals surface area (Å²) < 4.78 is 10.6. The highest BCUT2D eigenvalue weighted by molar-refractivity contribution is 5.80. The maximum absolute atomic E-state index is 12.7. The van der Waals surface area contributed by atoms with Gasteiger partial charge in [-0.2, -0.15) is 0 Å². The predicted octanol–water partition coefficient (Wildman–Crippen LogP) is 3.86. The molecule has 0 aliphatic heterocycles. The Labute approximate surface area is 161 Å². The van der Waals surface area contributed by atoms with Crippen LogP contribution in [0.2, 0.25) is 0 Å². The molecule has 7 heteroatoms. The largest absolute Gasteiger partial charge is 0.443 e. The Kier molecular flexibility index (Phi) is 7.00. The van der Waals surface area contributed by atoms with Crippen LogP contribution in [-0.2, 0) is 20.7 Å². The minimum Gasteiger partial charge on any atom is -0.443 e. The second-order valence-corrected chi connectivity index (χ2v) is 8.57. The van der Waals surface area contributed by atoms with Crippen molar-refractivity contribution in [3.05, 3.63) is 35.9 Å². The zero-order chi connectivity index (χ0) is 20.9. The van der Waals surface area contributed by atoms with Crippen molar-refractivity contribution >= 4 is 18.5 Å². The van der Waals surface area contributed by atoms with Crippen LogP contribution in [-0.4, -0.2) is 40.2 Å². The maximum Gasteiger partial charge on any atom is 0.430 e. The molecule has 0 aromatic heterocycles. The fraction of sp³-hybridized carbons (Fsp3) is 0.550. The van der Waals surface area contributed by atoms with Gasteiger partial charge in [-0.25, -0.2) is 20.0 Å². The van der Waals surface area contributed by atoms with Crippen molar-refractivity contribution in [3.63, 3.8) is 0 Å². The van der Waals surface area contributed by atoms with Crippen LogP contribution in [0.5, 0.6) is 0 Å². The summed E-state index contributed by atoms with van der Waals surface area (Å²) in [6, 6.07) is 9.19. The van der Waals surface area contributed by atoms with Gasteiger partial charge in [0.2, 0.25) is 0 Å². The number of hydrogen-bond donors (Lipinski definition) is 1. The smallest absolute Gasteiger partial charge is 0.430 e. The quantitative estimate of drug-likeness (QED) is 0.635. The molecular formula is C20H30N2O5. The maximum atomic E-state index is 12.7. The molecule has 150 valence electrons. The van der Waals surface area contributed by atoms with E-state index >= 15 is 0 Å². The van der Waals surface area contributed by atoms with E-state index in [2.05, 4.69) is 5.43 Å². The molecule has 2 amide bonds. The van der Waals surface area contributed by atoms with E-state index in [-0.39, 0.29) is 6.42 Å². The Morgan fingerprint density at radius 2 is 1.48 bits per heavy atom. The lowest BCUT2D eigenvalue weighted by Crippen LogP contribution is -2.61. The first-order valence-electron chi connectivity index (χ1n) is 8.79. The summed E-state index contributed by atoms with van der Waals surface area (Å²) in [4.78, 5) is 37.0. The van der Waals surface area contributed by atoms with Crippen molar-refractivity contribution in [2.75, 3.05) is 0 Å². The fourth-order valence-electron chi connectivity index (χ4n) is 2.26. The number of carbonyl (C=O) groups is 3. The SMILES string of the molecule is CC(C)(C)OC(=O)NN(C(=O)OC(C)(C)C)[C@](C)(C=O)Cc1ccccc1. The van der Waals surface area contributed by atoms with Gasteiger partial charge in [0.25, 0.3) is 0 Å². The number of nitrogens with zero attached hydrogens (tertiary/aromatic N) is 1. The van der Waals surface area contributed by atoms with Gasteiger partial charge in [-0.15, -0.1) is 0 Å². The summed E-state index contributed by atoms with van der Waals surface area (Å²) >= 11 is 0. The highest BCUT2D eigenvalue weighted by atomic mass is 16.6. The van der Waals surface area contributed by atoms with Crippen LogP contribution in [0, 0.1) is 0 Å². The fourth-order valence-corrected chi connectivity index (χ4v) is 2.26. The van der Waals surface area contributed by atoms with E-state index in [1.54, 1.807) is 48.5 Å². The summed E-state index contributed by atoms with van der Waals surface area (Å²) in [7, 11) is 0. The number of ether oxygens (including phenoxy) is 2. The molecule has 0 fully saturated rings. The number of nitrogens with one attached hydrogen (secondary N) is 1. The van der Waals surface area contributed by atoms with E-state index in [4.69, 9.17) is 9.47 Å². The average Bonchev–Trinajstić information content (AvgIpc) is 2.50. The molecule has 0 radical (unpaired) electrons. The first-order valence-corrected chi connectivity index (χ1v) is 8.79. The molecule has 0 spiro atoms. The van der Waals surface area contributed by atoms with Crippen LogP contribution in [0.15, 0.2) is 30.3 Å². The summed E-state index contributed by atoms with van der Waals surface area (Å²) in [5.41, 5.74) is 0.258. The topological polar surface area (TPSA) is 84.9 Å². The summed E-state index contributed by atoms with van der Waals surface area (Å²) in [5.74, 6) is 0. The molecule has 0 unspecified atom stereocenters. The van der Waals surface area contributed by atoms with Crippen molar-refractivity contribution in [2.24, 2.45) is 0 Å². The van der Waals surface area contributed by atoms with Gasteiger partial charge in [0.15, 0.2) is 0 Å². The summed E-state index contributed by atoms with van der Waals surface area (Å²) in [5, 5.41) is 0.895. The lowest BCUT2D eigenvalue weighted by atomic mass is 9.94. The van der Waals surface area contributed by atoms with Gasteiger partial charge in [-0.3, -0.25) is 0 Å². The minimum atomic E-state index is -1.37. The molecule has 7 nitrogen and oxygen atoms in total. The van der Waals surface area contributed by atoms with E-state index in [1.165, 1.54) is 0 Å². The molecule has 0 aliphatic rings. The van der Waals surface area contributed by atoms with E-state index in [0.29, 0.717) is 6.29 Å². The summed E-state index contributed by atoms with van der Waals surface area (Å²) in [6.45, 7) is 11.8. The van der Waals surface area contributed by atoms with Crippen LogP contribution < -0.4 is 5.43 Å².